The number of rotatable bonds is 15. The molecule has 4 nitrogen and oxygen atoms in total. The Morgan fingerprint density at radius 2 is 1.08 bits per heavy atom. The molecule has 0 saturated heterocycles. The molecule has 0 bridgehead atoms. The van der Waals surface area contributed by atoms with Crippen molar-refractivity contribution in [2.24, 2.45) is 0 Å². The van der Waals surface area contributed by atoms with Crippen molar-refractivity contribution in [1.82, 2.24) is 0 Å². The van der Waals surface area contributed by atoms with Crippen LogP contribution in [0.25, 0.3) is 11.1 Å². The summed E-state index contributed by atoms with van der Waals surface area (Å²) in [6.45, 7) is 6.11. The van der Waals surface area contributed by atoms with Crippen molar-refractivity contribution < 1.29 is 62.9 Å². The first-order chi connectivity index (χ1) is 23.4. The lowest BCUT2D eigenvalue weighted by atomic mass is 9.86. The number of hydrogen-bond donors (Lipinski definition) is 0. The van der Waals surface area contributed by atoms with Crippen molar-refractivity contribution in [1.29, 1.82) is 0 Å². The van der Waals surface area contributed by atoms with E-state index >= 15 is 0 Å². The predicted molar refractivity (Wildman–Crippen MR) is 162 cm³/mol. The van der Waals surface area contributed by atoms with E-state index in [0.717, 1.165) is 6.42 Å². The summed E-state index contributed by atoms with van der Waals surface area (Å²) in [6.07, 6.45) is -14.6. The number of hydrogen-bond acceptors (Lipinski definition) is 4. The number of alkyl halides is 4. The van der Waals surface area contributed by atoms with Crippen LogP contribution in [0.5, 0.6) is 17.2 Å². The molecule has 0 amide bonds. The Bertz CT molecular complexity index is 1590. The highest BCUT2D eigenvalue weighted by Gasteiger charge is 2.49. The number of allylic oxidation sites excluding steroid dienone is 5. The van der Waals surface area contributed by atoms with Crippen molar-refractivity contribution >= 4 is 0 Å². The maximum Gasteiger partial charge on any atom is 0.193 e. The van der Waals surface area contributed by atoms with Gasteiger partial charge in [-0.25, -0.2) is 43.9 Å². The van der Waals surface area contributed by atoms with Gasteiger partial charge < -0.3 is 18.9 Å². The van der Waals surface area contributed by atoms with Crippen molar-refractivity contribution in [3.63, 3.8) is 0 Å². The molecule has 268 valence electrons. The summed E-state index contributed by atoms with van der Waals surface area (Å²) in [7, 11) is 0. The molecule has 5 atom stereocenters. The molecule has 0 aliphatic heterocycles. The summed E-state index contributed by atoms with van der Waals surface area (Å²) in [5, 5.41) is 0. The van der Waals surface area contributed by atoms with E-state index in [2.05, 4.69) is 0 Å². The minimum absolute atomic E-state index is 0.136. The molecule has 5 unspecified atom stereocenters. The van der Waals surface area contributed by atoms with Gasteiger partial charge in [-0.1, -0.05) is 45.0 Å². The van der Waals surface area contributed by atoms with Crippen LogP contribution in [0, 0.1) is 0 Å². The van der Waals surface area contributed by atoms with Gasteiger partial charge in [0, 0.05) is 17.7 Å². The average Bonchev–Trinajstić information content (AvgIpc) is 3.10. The second-order valence-electron chi connectivity index (χ2n) is 11.2. The Balaban J connectivity index is 1.74. The molecule has 0 fully saturated rings. The number of benzene rings is 2. The van der Waals surface area contributed by atoms with Crippen LogP contribution in [-0.2, 0) is 11.3 Å². The fraction of sp³-hybridized carbons (Fsp3) is 0.429. The maximum atomic E-state index is 15.0. The molecule has 2 aliphatic carbocycles. The van der Waals surface area contributed by atoms with Crippen LogP contribution in [-0.4, -0.2) is 50.6 Å². The number of ether oxygens (including phenoxy) is 4. The fourth-order valence-corrected chi connectivity index (χ4v) is 5.10. The second kappa shape index (κ2) is 16.6. The molecule has 0 spiro atoms. The lowest BCUT2D eigenvalue weighted by molar-refractivity contribution is 0.0564. The third kappa shape index (κ3) is 7.94. The van der Waals surface area contributed by atoms with Gasteiger partial charge in [0.2, 0.25) is 0 Å². The van der Waals surface area contributed by atoms with Crippen molar-refractivity contribution in [3.8, 4) is 28.4 Å². The van der Waals surface area contributed by atoms with E-state index in [1.807, 2.05) is 20.8 Å². The molecule has 0 heterocycles. The van der Waals surface area contributed by atoms with Crippen LogP contribution < -0.4 is 14.2 Å². The summed E-state index contributed by atoms with van der Waals surface area (Å²) in [5.74, 6) is -13.4. The Kier molecular flexibility index (Phi) is 12.9. The molecule has 14 heteroatoms. The van der Waals surface area contributed by atoms with E-state index in [4.69, 9.17) is 18.9 Å². The van der Waals surface area contributed by atoms with Crippen molar-refractivity contribution in [3.05, 3.63) is 88.1 Å². The zero-order chi connectivity index (χ0) is 36.0. The lowest BCUT2D eigenvalue weighted by Gasteiger charge is -2.31. The highest BCUT2D eigenvalue weighted by molar-refractivity contribution is 5.78. The lowest BCUT2D eigenvalue weighted by Crippen LogP contribution is -2.37. The highest BCUT2D eigenvalue weighted by Crippen LogP contribution is 2.47. The summed E-state index contributed by atoms with van der Waals surface area (Å²) in [6, 6.07) is 9.31. The van der Waals surface area contributed by atoms with Crippen LogP contribution in [0.3, 0.4) is 0 Å². The molecule has 2 aromatic rings. The van der Waals surface area contributed by atoms with E-state index in [0.29, 0.717) is 61.0 Å². The third-order valence-corrected chi connectivity index (χ3v) is 7.54. The normalized spacial score (nSPS) is 22.2. The minimum Gasteiger partial charge on any atom is -0.493 e. The molecule has 0 N–H and O–H groups in total. The van der Waals surface area contributed by atoms with Gasteiger partial charge in [-0.15, -0.1) is 0 Å². The topological polar surface area (TPSA) is 36.9 Å². The zero-order valence-electron chi connectivity index (χ0n) is 26.7. The molecular weight excluding hydrogens is 674 g/mol. The molecule has 0 radical (unpaired) electrons. The van der Waals surface area contributed by atoms with Crippen LogP contribution in [0.1, 0.15) is 45.6 Å². The van der Waals surface area contributed by atoms with Crippen LogP contribution in [0.2, 0.25) is 0 Å². The SMILES string of the molecule is CCCOc1cc(OCCC)c(-c2ccc(COC(C3=C(F)C(F)C(F)C(F)=C3F)C3=C(F)C(F)=C(F)C(F)C3F)cc2)c(OCCC)c1. The van der Waals surface area contributed by atoms with Gasteiger partial charge in [-0.3, -0.25) is 0 Å². The van der Waals surface area contributed by atoms with E-state index < -0.39 is 83.5 Å². The minimum atomic E-state index is -3.48. The van der Waals surface area contributed by atoms with E-state index in [1.54, 1.807) is 24.3 Å². The second-order valence-corrected chi connectivity index (χ2v) is 11.2. The first-order valence-electron chi connectivity index (χ1n) is 15.6. The highest BCUT2D eigenvalue weighted by atomic mass is 19.2. The van der Waals surface area contributed by atoms with Gasteiger partial charge in [0.25, 0.3) is 0 Å². The number of halogens is 10. The molecule has 0 saturated carbocycles. The molecule has 0 aromatic heterocycles. The quantitative estimate of drug-likeness (QED) is 0.173. The van der Waals surface area contributed by atoms with Crippen molar-refractivity contribution in [2.45, 2.75) is 77.4 Å². The molecule has 2 aliphatic rings. The van der Waals surface area contributed by atoms with Gasteiger partial charge in [0.1, 0.15) is 29.2 Å². The van der Waals surface area contributed by atoms with Crippen LogP contribution >= 0.6 is 0 Å². The standard InChI is InChI=1S/C35H34F10O4/c1-4-11-46-19-14-20(47-12-5-2)22(21(15-19)48-13-6-3)18-9-7-17(8-10-18)16-49-35(23-25(36)29(40)33(44)30(41)26(23)37)24-27(38)31(42)34(45)32(43)28(24)39/h7-10,14-15,25,29,31,34-35H,4-6,11-13,16H2,1-3H3. The Morgan fingerprint density at radius 3 is 1.63 bits per heavy atom. The van der Waals surface area contributed by atoms with Gasteiger partial charge in [-0.2, -0.15) is 0 Å². The van der Waals surface area contributed by atoms with Gasteiger partial charge >= 0.3 is 0 Å². The first-order valence-corrected chi connectivity index (χ1v) is 15.6. The zero-order valence-corrected chi connectivity index (χ0v) is 26.7. The maximum absolute atomic E-state index is 15.0. The molecular formula is C35H34F10O4. The van der Waals surface area contributed by atoms with Gasteiger partial charge in [0.15, 0.2) is 53.8 Å². The van der Waals surface area contributed by atoms with Crippen molar-refractivity contribution in [2.75, 3.05) is 19.8 Å². The molecule has 2 aromatic carbocycles. The molecule has 4 rings (SSSR count). The van der Waals surface area contributed by atoms with E-state index in [1.165, 1.54) is 12.1 Å². The molecule has 49 heavy (non-hydrogen) atoms. The Morgan fingerprint density at radius 1 is 0.592 bits per heavy atom. The summed E-state index contributed by atoms with van der Waals surface area (Å²) < 4.78 is 168. The van der Waals surface area contributed by atoms with Gasteiger partial charge in [-0.05, 0) is 30.4 Å². The predicted octanol–water partition coefficient (Wildman–Crippen LogP) is 10.7. The largest absolute Gasteiger partial charge is 0.493 e. The third-order valence-electron chi connectivity index (χ3n) is 7.54. The van der Waals surface area contributed by atoms with Crippen LogP contribution in [0.4, 0.5) is 43.9 Å². The Hall–Kier alpha value is -3.94. The Labute approximate surface area is 276 Å². The summed E-state index contributed by atoms with van der Waals surface area (Å²) >= 11 is 0. The van der Waals surface area contributed by atoms with Crippen LogP contribution in [0.15, 0.2) is 82.5 Å². The van der Waals surface area contributed by atoms with E-state index in [9.17, 15) is 43.9 Å². The summed E-state index contributed by atoms with van der Waals surface area (Å²) in [5.41, 5.74) is -2.47. The monoisotopic (exact) mass is 708 g/mol. The van der Waals surface area contributed by atoms with E-state index in [-0.39, 0.29) is 5.56 Å². The average molecular weight is 709 g/mol. The summed E-state index contributed by atoms with van der Waals surface area (Å²) in [4.78, 5) is 0. The fourth-order valence-electron chi connectivity index (χ4n) is 5.10. The first kappa shape index (κ1) is 37.9. The van der Waals surface area contributed by atoms with Gasteiger partial charge in [0.05, 0.1) is 37.6 Å². The smallest absolute Gasteiger partial charge is 0.193 e.